The number of hydrogen-bond acceptors (Lipinski definition) is 3. The van der Waals surface area contributed by atoms with Crippen LogP contribution in [0.15, 0.2) is 337 Å². The van der Waals surface area contributed by atoms with Gasteiger partial charge in [0.05, 0.1) is 88.4 Å². The van der Waals surface area contributed by atoms with E-state index in [9.17, 15) is 27.4 Å². The molecule has 0 amide bonds. The Kier molecular flexibility index (Phi) is 8.29. The van der Waals surface area contributed by atoms with Gasteiger partial charge in [0, 0.05) is 83.0 Å². The number of anilines is 6. The first kappa shape index (κ1) is 38.3. The zero-order valence-electron chi connectivity index (χ0n) is 78.1. The van der Waals surface area contributed by atoms with Crippen molar-refractivity contribution in [2.45, 2.75) is 26.2 Å². The maximum absolute atomic E-state index is 10.2. The number of hydrogen-bond donors (Lipinski definition) is 0. The summed E-state index contributed by atoms with van der Waals surface area (Å²) in [4.78, 5) is 4.06. The van der Waals surface area contributed by atoms with Crippen molar-refractivity contribution in [2.24, 2.45) is 0 Å². The Labute approximate surface area is 618 Å². The summed E-state index contributed by atoms with van der Waals surface area (Å²) in [5, 5.41) is -0.0508. The fourth-order valence-corrected chi connectivity index (χ4v) is 15.7. The molecule has 474 valence electrons. The highest BCUT2D eigenvalue weighted by atomic mass is 16.3. The summed E-state index contributed by atoms with van der Waals surface area (Å²) in [7, 11) is 0. The van der Waals surface area contributed by atoms with Crippen LogP contribution in [0.5, 0.6) is 0 Å². The molecule has 0 fully saturated rings. The van der Waals surface area contributed by atoms with Crippen LogP contribution >= 0.6 is 0 Å². The molecule has 0 aliphatic carbocycles. The van der Waals surface area contributed by atoms with E-state index in [2.05, 4.69) is 37.8 Å². The molecule has 7 heteroatoms. The molecular formula is C94H64BN5O. The van der Waals surface area contributed by atoms with Gasteiger partial charge in [-0.05, 0) is 153 Å². The third kappa shape index (κ3) is 8.53. The Morgan fingerprint density at radius 1 is 0.317 bits per heavy atom. The Hall–Kier alpha value is -12.8. The number of furan rings is 1. The van der Waals surface area contributed by atoms with E-state index in [1.54, 1.807) is 30.3 Å². The Balaban J connectivity index is 1.03. The van der Waals surface area contributed by atoms with E-state index in [0.29, 0.717) is 100 Å². The summed E-state index contributed by atoms with van der Waals surface area (Å²) in [6.45, 7) is 5.23. The Morgan fingerprint density at radius 2 is 0.703 bits per heavy atom. The fraction of sp³-hybridized carbons (Fsp3) is 0.0426. The highest BCUT2D eigenvalue weighted by molar-refractivity contribution is 7.00. The summed E-state index contributed by atoms with van der Waals surface area (Å²) in [6.07, 6.45) is 0. The number of aromatic nitrogens is 3. The smallest absolute Gasteiger partial charge is 0.252 e. The van der Waals surface area contributed by atoms with Gasteiger partial charge in [-0.15, -0.1) is 0 Å². The number of rotatable bonds is 8. The molecule has 21 rings (SSSR count). The van der Waals surface area contributed by atoms with Crippen LogP contribution in [0.25, 0.3) is 138 Å². The minimum Gasteiger partial charge on any atom is -0.456 e. The van der Waals surface area contributed by atoms with Gasteiger partial charge in [0.1, 0.15) is 11.2 Å². The summed E-state index contributed by atoms with van der Waals surface area (Å²) in [5.41, 5.74) is 8.10. The van der Waals surface area contributed by atoms with Crippen molar-refractivity contribution < 1.29 is 37.3 Å². The standard InChI is InChI=1S/C94H64BN5O/c1-94(2,3)63-53-74(60-29-9-5-10-30-60)93(75(54-63)61-31-11-6-12-32-61)100-85-56-65(97-80-42-22-15-35-69(80)70-36-16-23-43-81(70)97)48-50-77(85)95-76-49-47-64(96-78-40-20-13-33-67(78)68-34-14-21-41-79(68)96)55-84(76)99(86-51-62(59-27-7-4-8-28-59)52-90-91(86)73-39-19-26-46-89(73)101-90)87-57-66(58-88(100)92(87)95)98-82-44-24-17-37-71(82)72-38-18-25-45-83(72)98/h4-58H,1-3H3/i13D,14D,15D,16D,17D,18D,20D,21D,22D,23D,24D,25D,33D,34D,35D,36D,37D,38D,40D,41D,42D,43D,44D,45D. The second kappa shape index (κ2) is 21.8. The van der Waals surface area contributed by atoms with Crippen molar-refractivity contribution >= 4 is 145 Å². The van der Waals surface area contributed by atoms with E-state index >= 15 is 0 Å². The molecule has 15 aromatic carbocycles. The molecule has 6 nitrogen and oxygen atoms in total. The van der Waals surface area contributed by atoms with E-state index in [-0.39, 0.29) is 82.5 Å². The topological polar surface area (TPSA) is 34.4 Å². The van der Waals surface area contributed by atoms with Crippen molar-refractivity contribution in [1.82, 2.24) is 13.7 Å². The van der Waals surface area contributed by atoms with Crippen molar-refractivity contribution in [3.05, 3.63) is 339 Å². The van der Waals surface area contributed by atoms with Gasteiger partial charge in [-0.1, -0.05) is 251 Å². The molecule has 2 aliphatic rings. The van der Waals surface area contributed by atoms with Gasteiger partial charge >= 0.3 is 0 Å². The fourth-order valence-electron chi connectivity index (χ4n) is 15.7. The second-order valence-corrected chi connectivity index (χ2v) is 26.6. The number of para-hydroxylation sites is 7. The molecule has 4 aromatic heterocycles. The first-order valence-corrected chi connectivity index (χ1v) is 33.1. The zero-order chi connectivity index (χ0) is 87.7. The first-order chi connectivity index (χ1) is 59.7. The van der Waals surface area contributed by atoms with Crippen LogP contribution in [0.1, 0.15) is 59.2 Å². The van der Waals surface area contributed by atoms with Crippen LogP contribution in [0, 0.1) is 0 Å². The summed E-state index contributed by atoms with van der Waals surface area (Å²) in [5.74, 6) is 0. The van der Waals surface area contributed by atoms with Gasteiger partial charge in [-0.25, -0.2) is 0 Å². The molecule has 0 saturated carbocycles. The van der Waals surface area contributed by atoms with Crippen molar-refractivity contribution in [3.63, 3.8) is 0 Å². The number of nitrogens with zero attached hydrogens (tertiary/aromatic N) is 5. The first-order valence-electron chi connectivity index (χ1n) is 45.1. The maximum atomic E-state index is 10.2. The molecule has 0 atom stereocenters. The van der Waals surface area contributed by atoms with E-state index in [0.717, 1.165) is 11.1 Å². The van der Waals surface area contributed by atoms with Gasteiger partial charge in [-0.3, -0.25) is 0 Å². The molecule has 0 radical (unpaired) electrons. The van der Waals surface area contributed by atoms with E-state index in [1.165, 1.54) is 13.7 Å². The lowest BCUT2D eigenvalue weighted by Crippen LogP contribution is -2.61. The minimum atomic E-state index is -1.08. The predicted octanol–water partition coefficient (Wildman–Crippen LogP) is 23.3. The average molecular weight is 1310 g/mol. The van der Waals surface area contributed by atoms with Crippen LogP contribution < -0.4 is 26.2 Å². The second-order valence-electron chi connectivity index (χ2n) is 26.6. The van der Waals surface area contributed by atoms with Gasteiger partial charge in [0.15, 0.2) is 0 Å². The van der Waals surface area contributed by atoms with Crippen molar-refractivity contribution in [2.75, 3.05) is 9.80 Å². The zero-order valence-corrected chi connectivity index (χ0v) is 54.1. The molecule has 0 saturated heterocycles. The van der Waals surface area contributed by atoms with Crippen LogP contribution in [0.3, 0.4) is 0 Å². The van der Waals surface area contributed by atoms with Crippen LogP contribution in [-0.2, 0) is 5.41 Å². The number of benzene rings is 15. The lowest BCUT2D eigenvalue weighted by atomic mass is 9.33. The minimum absolute atomic E-state index is 0.0481. The molecule has 101 heavy (non-hydrogen) atoms. The lowest BCUT2D eigenvalue weighted by Gasteiger charge is -2.45. The molecule has 19 aromatic rings. The molecule has 0 bridgehead atoms. The predicted molar refractivity (Wildman–Crippen MR) is 426 cm³/mol. The lowest BCUT2D eigenvalue weighted by molar-refractivity contribution is 0.591. The third-order valence-electron chi connectivity index (χ3n) is 20.1. The molecule has 2 aliphatic heterocycles. The highest BCUT2D eigenvalue weighted by Crippen LogP contribution is 2.55. The van der Waals surface area contributed by atoms with Crippen molar-refractivity contribution in [1.29, 1.82) is 0 Å². The van der Waals surface area contributed by atoms with Crippen LogP contribution in [-0.4, -0.2) is 20.4 Å². The summed E-state index contributed by atoms with van der Waals surface area (Å²) >= 11 is 0. The van der Waals surface area contributed by atoms with E-state index in [4.69, 9.17) is 9.90 Å². The quantitative estimate of drug-likeness (QED) is 0.142. The van der Waals surface area contributed by atoms with Gasteiger partial charge in [0.2, 0.25) is 0 Å². The maximum Gasteiger partial charge on any atom is 0.252 e. The molecular weight excluding hydrogens is 1230 g/mol. The van der Waals surface area contributed by atoms with Crippen LogP contribution in [0.4, 0.5) is 34.1 Å². The Morgan fingerprint density at radius 3 is 1.16 bits per heavy atom. The SMILES string of the molecule is [2H]c1c([2H])c([2H])c2c(c1[2H])c1c([2H])c([2H])c([2H])c([2H])c1n2-c1ccc2c(c1)N(c1c(-c3ccccc3)cc(C(C)(C)C)cc1-c1ccccc1)c1cc(-n3c4c([2H])c([2H])c([2H])c([2H])c4c4c([2H])c([2H])c([2H])c([2H])c43)cc3c1B2c1ccc(-n2c4c([2H])c([2H])c([2H])c([2H])c4c4c([2H])c([2H])c([2H])c([2H])c42)cc1N3c1cc(-c2ccccc2)cc2oc3ccccc3c12. The van der Waals surface area contributed by atoms with E-state index < -0.39 is 157 Å². The molecule has 0 N–H and O–H groups in total. The van der Waals surface area contributed by atoms with Crippen LogP contribution in [0.2, 0.25) is 0 Å². The summed E-state index contributed by atoms with van der Waals surface area (Å²) in [6, 6.07) is 43.9. The number of fused-ring (bicyclic) bond motifs is 16. The van der Waals surface area contributed by atoms with Gasteiger partial charge in [0.25, 0.3) is 6.71 Å². The molecule has 6 heterocycles. The summed E-state index contributed by atoms with van der Waals surface area (Å²) < 4.78 is 241. The average Bonchev–Trinajstić information content (AvgIpc) is 1.68. The third-order valence-corrected chi connectivity index (χ3v) is 20.1. The molecule has 0 unspecified atom stereocenters. The monoisotopic (exact) mass is 1310 g/mol. The normalized spacial score (nSPS) is 16.2. The van der Waals surface area contributed by atoms with Gasteiger partial charge < -0.3 is 27.9 Å². The highest BCUT2D eigenvalue weighted by Gasteiger charge is 2.46. The Bertz CT molecular complexity index is 7870. The molecule has 0 spiro atoms. The van der Waals surface area contributed by atoms with E-state index in [1.807, 2.05) is 150 Å². The largest absolute Gasteiger partial charge is 0.456 e. The van der Waals surface area contributed by atoms with Gasteiger partial charge in [-0.2, -0.15) is 0 Å². The van der Waals surface area contributed by atoms with Crippen molar-refractivity contribution in [3.8, 4) is 50.4 Å².